The largest absolute Gasteiger partial charge is 0.456 e. The summed E-state index contributed by atoms with van der Waals surface area (Å²) in [6.45, 7) is 12.1. The first-order valence-corrected chi connectivity index (χ1v) is 19.9. The summed E-state index contributed by atoms with van der Waals surface area (Å²) in [6, 6.07) is 11.5. The summed E-state index contributed by atoms with van der Waals surface area (Å²) in [5.41, 5.74) is 0.500. The lowest BCUT2D eigenvalue weighted by Gasteiger charge is -2.33. The molecule has 3 aromatic rings. The first-order chi connectivity index (χ1) is 19.9. The van der Waals surface area contributed by atoms with Gasteiger partial charge >= 0.3 is 0 Å². The van der Waals surface area contributed by atoms with Crippen molar-refractivity contribution in [1.29, 1.82) is 0 Å². The Morgan fingerprint density at radius 2 is 1.86 bits per heavy atom. The number of amides is 1. The number of carbonyl (C=O) groups excluding carboxylic acids is 1. The summed E-state index contributed by atoms with van der Waals surface area (Å²) in [6.07, 6.45) is 3.28. The van der Waals surface area contributed by atoms with Crippen molar-refractivity contribution in [3.8, 4) is 11.5 Å². The molecule has 1 unspecified atom stereocenters. The molecular formula is C30H39FIN5O4SSi. The summed E-state index contributed by atoms with van der Waals surface area (Å²) >= 11 is 2.01. The summed E-state index contributed by atoms with van der Waals surface area (Å²) in [5.74, 6) is -0.502. The van der Waals surface area contributed by atoms with Crippen molar-refractivity contribution in [3.05, 3.63) is 73.3 Å². The van der Waals surface area contributed by atoms with E-state index in [-0.39, 0.29) is 39.5 Å². The van der Waals surface area contributed by atoms with Crippen molar-refractivity contribution >= 4 is 63.8 Å². The van der Waals surface area contributed by atoms with Crippen LogP contribution in [0.15, 0.2) is 51.3 Å². The molecular weight excluding hydrogens is 700 g/mol. The van der Waals surface area contributed by atoms with Gasteiger partial charge in [0.25, 0.3) is 11.5 Å². The van der Waals surface area contributed by atoms with Crippen molar-refractivity contribution in [2.24, 2.45) is 11.1 Å². The highest BCUT2D eigenvalue weighted by atomic mass is 127. The van der Waals surface area contributed by atoms with Gasteiger partial charge in [-0.2, -0.15) is 0 Å². The fourth-order valence-electron chi connectivity index (χ4n) is 4.16. The molecule has 0 aliphatic heterocycles. The molecule has 0 spiro atoms. The van der Waals surface area contributed by atoms with Gasteiger partial charge in [0, 0.05) is 29.0 Å². The minimum Gasteiger partial charge on any atom is -0.456 e. The maximum absolute atomic E-state index is 14.9. The van der Waals surface area contributed by atoms with Crippen LogP contribution in [0.3, 0.4) is 0 Å². The van der Waals surface area contributed by atoms with E-state index in [1.807, 2.05) is 22.6 Å². The Kier molecular flexibility index (Phi) is 9.38. The highest BCUT2D eigenvalue weighted by Crippen LogP contribution is 2.38. The third-order valence-electron chi connectivity index (χ3n) is 7.69. The third-order valence-corrected chi connectivity index (χ3v) is 15.9. The first-order valence-electron chi connectivity index (χ1n) is 13.9. The van der Waals surface area contributed by atoms with Gasteiger partial charge in [-0.15, -0.1) is 0 Å². The maximum atomic E-state index is 14.9. The van der Waals surface area contributed by atoms with Gasteiger partial charge < -0.3 is 15.4 Å². The Morgan fingerprint density at radius 3 is 2.47 bits per heavy atom. The van der Waals surface area contributed by atoms with Crippen LogP contribution in [-0.4, -0.2) is 35.2 Å². The van der Waals surface area contributed by atoms with Crippen LogP contribution in [0.2, 0.25) is 18.1 Å². The Morgan fingerprint density at radius 1 is 1.19 bits per heavy atom. The summed E-state index contributed by atoms with van der Waals surface area (Å²) in [4.78, 5) is 27.0. The molecule has 43 heavy (non-hydrogen) atoms. The highest BCUT2D eigenvalue weighted by molar-refractivity contribution is 14.1. The lowest BCUT2D eigenvalue weighted by Crippen LogP contribution is -2.37. The van der Waals surface area contributed by atoms with Gasteiger partial charge in [0.05, 0.1) is 16.9 Å². The number of aromatic nitrogens is 1. The summed E-state index contributed by atoms with van der Waals surface area (Å²) < 4.78 is 44.5. The maximum Gasteiger partial charge on any atom is 0.259 e. The van der Waals surface area contributed by atoms with Crippen LogP contribution in [0.1, 0.15) is 49.5 Å². The van der Waals surface area contributed by atoms with Crippen LogP contribution in [0, 0.1) is 16.3 Å². The zero-order valence-electron chi connectivity index (χ0n) is 25.7. The smallest absolute Gasteiger partial charge is 0.259 e. The van der Waals surface area contributed by atoms with Gasteiger partial charge in [0.1, 0.15) is 32.9 Å². The van der Waals surface area contributed by atoms with Gasteiger partial charge in [-0.1, -0.05) is 26.8 Å². The van der Waals surface area contributed by atoms with Gasteiger partial charge in [-0.3, -0.25) is 22.9 Å². The predicted molar refractivity (Wildman–Crippen MR) is 183 cm³/mol. The highest BCUT2D eigenvalue weighted by Gasteiger charge is 2.37. The van der Waals surface area contributed by atoms with E-state index in [4.69, 9.17) is 8.77 Å². The average molecular weight is 740 g/mol. The minimum atomic E-state index is -2.79. The second-order valence-electron chi connectivity index (χ2n) is 12.5. The van der Waals surface area contributed by atoms with Crippen molar-refractivity contribution in [2.45, 2.75) is 64.7 Å². The molecule has 3 N–H and O–H groups in total. The van der Waals surface area contributed by atoms with E-state index in [9.17, 15) is 18.2 Å². The molecule has 1 atom stereocenters. The van der Waals surface area contributed by atoms with E-state index >= 15 is 0 Å². The van der Waals surface area contributed by atoms with Gasteiger partial charge in [0.2, 0.25) is 0 Å². The zero-order chi connectivity index (χ0) is 31.9. The fourth-order valence-corrected chi connectivity index (χ4v) is 9.94. The van der Waals surface area contributed by atoms with E-state index in [0.29, 0.717) is 15.0 Å². The topological polar surface area (TPSA) is 114 Å². The SMILES string of the molecule is Cc1c(Oc2cccc(NS(C)(=O)=N[Si](C)(C)C(C)(C)C)c2)c(C(=O)NC2CC2)c(Nc2ccc(I)cc2F)n(C)c1=O. The van der Waals surface area contributed by atoms with E-state index < -0.39 is 35.4 Å². The number of hydrogen-bond donors (Lipinski definition) is 3. The third kappa shape index (κ3) is 7.79. The van der Waals surface area contributed by atoms with Crippen LogP contribution in [0.4, 0.5) is 21.6 Å². The number of nitrogens with one attached hydrogen (secondary N) is 3. The predicted octanol–water partition coefficient (Wildman–Crippen LogP) is 7.30. The molecule has 1 heterocycles. The van der Waals surface area contributed by atoms with Crippen LogP contribution in [0.25, 0.3) is 0 Å². The monoisotopic (exact) mass is 739 g/mol. The Hall–Kier alpha value is -2.91. The number of anilines is 3. The molecule has 4 rings (SSSR count). The molecule has 0 radical (unpaired) electrons. The number of halogens is 2. The van der Waals surface area contributed by atoms with E-state index in [1.54, 1.807) is 49.6 Å². The van der Waals surface area contributed by atoms with E-state index in [1.165, 1.54) is 17.7 Å². The number of hydrogen-bond acceptors (Lipinski definition) is 6. The minimum absolute atomic E-state index is 0.0238. The number of nitrogens with zero attached hydrogens (tertiary/aromatic N) is 2. The number of carbonyl (C=O) groups is 1. The van der Waals surface area contributed by atoms with Crippen molar-refractivity contribution in [2.75, 3.05) is 16.3 Å². The Labute approximate surface area is 267 Å². The molecule has 1 saturated carbocycles. The number of benzene rings is 2. The zero-order valence-corrected chi connectivity index (χ0v) is 29.7. The molecule has 1 aliphatic carbocycles. The van der Waals surface area contributed by atoms with Crippen molar-refractivity contribution in [3.63, 3.8) is 0 Å². The van der Waals surface area contributed by atoms with Crippen LogP contribution < -0.4 is 25.7 Å². The van der Waals surface area contributed by atoms with Crippen molar-refractivity contribution in [1.82, 2.24) is 9.88 Å². The number of ether oxygens (including phenoxy) is 1. The molecule has 1 aliphatic rings. The number of pyridine rings is 1. The molecule has 1 amide bonds. The van der Waals surface area contributed by atoms with E-state index in [0.717, 1.165) is 12.8 Å². The lowest BCUT2D eigenvalue weighted by atomic mass is 10.1. The second-order valence-corrected chi connectivity index (χ2v) is 20.9. The average Bonchev–Trinajstić information content (AvgIpc) is 3.69. The van der Waals surface area contributed by atoms with Crippen molar-refractivity contribution < 1.29 is 18.1 Å². The summed E-state index contributed by atoms with van der Waals surface area (Å²) in [5, 5.41) is 5.85. The molecule has 9 nitrogen and oxygen atoms in total. The van der Waals surface area contributed by atoms with Crippen LogP contribution in [-0.2, 0) is 17.0 Å². The Balaban J connectivity index is 1.78. The van der Waals surface area contributed by atoms with Gasteiger partial charge in [-0.25, -0.2) is 8.60 Å². The van der Waals surface area contributed by atoms with Crippen LogP contribution in [0.5, 0.6) is 11.5 Å². The molecule has 0 saturated heterocycles. The fraction of sp³-hybridized carbons (Fsp3) is 0.400. The van der Waals surface area contributed by atoms with Gasteiger partial charge in [0.15, 0.2) is 14.0 Å². The molecule has 2 aromatic carbocycles. The first kappa shape index (κ1) is 33.0. The van der Waals surface area contributed by atoms with E-state index in [2.05, 4.69) is 49.2 Å². The van der Waals surface area contributed by atoms with Gasteiger partial charge in [-0.05, 0) is 90.8 Å². The molecule has 1 aromatic heterocycles. The Bertz CT molecular complexity index is 1760. The number of rotatable bonds is 9. The summed E-state index contributed by atoms with van der Waals surface area (Å²) in [7, 11) is -3.49. The lowest BCUT2D eigenvalue weighted by molar-refractivity contribution is 0.0948. The quantitative estimate of drug-likeness (QED) is 0.158. The standard InChI is InChI=1S/C30H39FIN5O4SSi/c1-18-26(41-22-11-9-10-21(17-22)35-42(6,40)36-43(7,8)30(2,3)4)25(28(38)33-20-13-14-20)27(37(5)29(18)39)34-24-15-12-19(32)16-23(24)31/h9-12,15-17,20,34H,13-14H2,1-8H3,(H,33,38)(H,35,36,40). The molecule has 0 bridgehead atoms. The van der Waals surface area contributed by atoms with Crippen LogP contribution >= 0.6 is 22.6 Å². The molecule has 1 fully saturated rings. The molecule has 13 heteroatoms. The second kappa shape index (κ2) is 12.2. The molecule has 232 valence electrons. The normalized spacial score (nSPS) is 14.9.